The Kier molecular flexibility index (Phi) is 13.7. The van der Waals surface area contributed by atoms with Gasteiger partial charge in [0.05, 0.1) is 0 Å². The van der Waals surface area contributed by atoms with E-state index < -0.39 is 0 Å². The van der Waals surface area contributed by atoms with E-state index in [2.05, 4.69) is 223 Å². The second-order valence-corrected chi connectivity index (χ2v) is 31.3. The molecule has 0 N–H and O–H groups in total. The highest BCUT2D eigenvalue weighted by molar-refractivity contribution is 7.72. The molecule has 4 rings (SSSR count). The Labute approximate surface area is 377 Å². The topological polar surface area (TPSA) is 0 Å². The summed E-state index contributed by atoms with van der Waals surface area (Å²) in [5.41, 5.74) is 14.2. The second kappa shape index (κ2) is 16.1. The summed E-state index contributed by atoms with van der Waals surface area (Å²) in [7, 11) is 3.47. The Morgan fingerprint density at radius 1 is 0.300 bits per heavy atom. The van der Waals surface area contributed by atoms with E-state index in [9.17, 15) is 0 Å². The monoisotopic (exact) mass is 867 g/mol. The Hall–Kier alpha value is -1.57. The summed E-state index contributed by atoms with van der Waals surface area (Å²) in [5, 5.41) is 8.02. The molecule has 1 aliphatic carbocycles. The molecule has 0 nitrogen and oxygen atoms in total. The fourth-order valence-electron chi connectivity index (χ4n) is 8.04. The van der Waals surface area contributed by atoms with Gasteiger partial charge in [0.15, 0.2) is 0 Å². The quantitative estimate of drug-likeness (QED) is 0.229. The van der Waals surface area contributed by atoms with Crippen LogP contribution < -0.4 is 15.9 Å². The third-order valence-electron chi connectivity index (χ3n) is 12.3. The van der Waals surface area contributed by atoms with E-state index in [4.69, 9.17) is 0 Å². The highest BCUT2D eigenvalue weighted by Gasteiger charge is 2.44. The van der Waals surface area contributed by atoms with Gasteiger partial charge in [0.25, 0.3) is 0 Å². The van der Waals surface area contributed by atoms with Crippen molar-refractivity contribution in [1.82, 2.24) is 0 Å². The summed E-state index contributed by atoms with van der Waals surface area (Å²) in [5.74, 6) is 0. The van der Waals surface area contributed by atoms with E-state index in [0.717, 1.165) is 0 Å². The summed E-state index contributed by atoms with van der Waals surface area (Å²) < 4.78 is 0. The van der Waals surface area contributed by atoms with Gasteiger partial charge in [-0.25, -0.2) is 0 Å². The van der Waals surface area contributed by atoms with Crippen LogP contribution in [0.3, 0.4) is 0 Å². The van der Waals surface area contributed by atoms with Crippen LogP contribution in [0.15, 0.2) is 36.4 Å². The minimum absolute atomic E-state index is 0.0118. The zero-order valence-electron chi connectivity index (χ0n) is 43.9. The lowest BCUT2D eigenvalue weighted by molar-refractivity contribution is 0.553. The molecule has 0 bridgehead atoms. The summed E-state index contributed by atoms with van der Waals surface area (Å²) in [6.07, 6.45) is 0. The van der Waals surface area contributed by atoms with E-state index in [1.165, 1.54) is 66.5 Å². The van der Waals surface area contributed by atoms with Crippen LogP contribution in [0.1, 0.15) is 237 Å². The largest absolute Gasteiger partial charge is 0.0767 e. The Morgan fingerprint density at radius 3 is 0.683 bits per heavy atom. The molecule has 0 amide bonds. The highest BCUT2D eigenvalue weighted by atomic mass is 31.1. The molecule has 1 unspecified atom stereocenters. The van der Waals surface area contributed by atoms with Crippen molar-refractivity contribution in [2.45, 2.75) is 241 Å². The van der Waals surface area contributed by atoms with Gasteiger partial charge in [-0.2, -0.15) is 0 Å². The molecule has 332 valence electrons. The first-order chi connectivity index (χ1) is 26.4. The minimum Gasteiger partial charge on any atom is -0.0767 e. The SMILES string of the molecule is CC(C)(C)c1cc(C(C)(C)C)c(P=C2C(=Pc3c(C(C)(C)C)cc(C(C)(C)C)cc3C(C)(C)C)C2Pc2c(C(C)(C)C)cc(C(C)(C)C)cc2C(C)(C)C)c(C(C)(C)C)c1. The molecule has 1 aliphatic rings. The standard InChI is InChI=1S/C57H89P3/c1-49(2,3)34-28-37(52(10,11)12)43(38(29-34)53(13,14)15)58-46-47(59-44-39(54(16,17)18)30-35(50(4,5)6)31-40(44)55(19,20)21)48(46)60-45-41(56(22,23)24)32-36(51(7,8)9)33-42(45)57(25,26)27/h28-33,46,58H,1-27H3. The number of rotatable bonds is 4. The molecule has 0 aliphatic heterocycles. The molecule has 0 heterocycles. The first kappa shape index (κ1) is 51.1. The fourth-order valence-corrected chi connectivity index (χ4v) is 14.9. The Bertz CT molecular complexity index is 1940. The molecule has 0 spiro atoms. The first-order valence-corrected chi connectivity index (χ1v) is 25.8. The highest BCUT2D eigenvalue weighted by Crippen LogP contribution is 2.48. The van der Waals surface area contributed by atoms with Crippen LogP contribution in [0.5, 0.6) is 0 Å². The van der Waals surface area contributed by atoms with Crippen molar-refractivity contribution in [3.63, 3.8) is 0 Å². The van der Waals surface area contributed by atoms with E-state index in [-0.39, 0.29) is 48.7 Å². The van der Waals surface area contributed by atoms with Gasteiger partial charge in [0.2, 0.25) is 0 Å². The molecule has 0 aromatic heterocycles. The number of hydrogen-bond acceptors (Lipinski definition) is 0. The van der Waals surface area contributed by atoms with Crippen molar-refractivity contribution in [3.05, 3.63) is 86.5 Å². The summed E-state index contributed by atoms with van der Waals surface area (Å²) >= 11 is 0. The summed E-state index contributed by atoms with van der Waals surface area (Å²) in [4.78, 5) is 0. The molecule has 60 heavy (non-hydrogen) atoms. The lowest BCUT2D eigenvalue weighted by Crippen LogP contribution is -2.31. The van der Waals surface area contributed by atoms with Crippen LogP contribution in [0.25, 0.3) is 0 Å². The predicted octanol–water partition coefficient (Wildman–Crippen LogP) is 15.9. The molecule has 0 saturated heterocycles. The smallest absolute Gasteiger partial charge is 0.0404 e. The van der Waals surface area contributed by atoms with Crippen LogP contribution in [0.2, 0.25) is 0 Å². The van der Waals surface area contributed by atoms with Crippen molar-refractivity contribution < 1.29 is 0 Å². The first-order valence-electron chi connectivity index (χ1n) is 23.0. The van der Waals surface area contributed by atoms with Crippen molar-refractivity contribution >= 4 is 51.5 Å². The van der Waals surface area contributed by atoms with Crippen LogP contribution in [0.4, 0.5) is 0 Å². The summed E-state index contributed by atoms with van der Waals surface area (Å²) in [6, 6.07) is 15.5. The predicted molar refractivity (Wildman–Crippen MR) is 282 cm³/mol. The second-order valence-electron chi connectivity index (χ2n) is 27.6. The van der Waals surface area contributed by atoms with Gasteiger partial charge < -0.3 is 0 Å². The fraction of sp³-hybridized carbons (Fsp3) is 0.649. The van der Waals surface area contributed by atoms with Crippen molar-refractivity contribution in [2.24, 2.45) is 0 Å². The van der Waals surface area contributed by atoms with Gasteiger partial charge in [-0.05, 0) is 104 Å². The number of benzene rings is 3. The molecular weight excluding hydrogens is 778 g/mol. The lowest BCUT2D eigenvalue weighted by Gasteiger charge is -2.33. The van der Waals surface area contributed by atoms with E-state index in [0.29, 0.717) is 14.2 Å². The van der Waals surface area contributed by atoms with Crippen molar-refractivity contribution in [2.75, 3.05) is 0 Å². The lowest BCUT2D eigenvalue weighted by atomic mass is 9.75. The average molecular weight is 867 g/mol. The molecule has 3 heteroatoms. The van der Waals surface area contributed by atoms with Crippen LogP contribution in [-0.2, 0) is 48.7 Å². The Morgan fingerprint density at radius 2 is 0.500 bits per heavy atom. The zero-order valence-corrected chi connectivity index (χ0v) is 46.7. The van der Waals surface area contributed by atoms with E-state index >= 15 is 0 Å². The maximum absolute atomic E-state index is 2.59. The molecule has 3 aromatic rings. The van der Waals surface area contributed by atoms with Crippen molar-refractivity contribution in [3.8, 4) is 0 Å². The minimum atomic E-state index is 0.0118. The molecular formula is C57H89P3. The van der Waals surface area contributed by atoms with Crippen molar-refractivity contribution in [1.29, 1.82) is 0 Å². The molecule has 0 radical (unpaired) electrons. The van der Waals surface area contributed by atoms with Gasteiger partial charge >= 0.3 is 0 Å². The molecule has 1 saturated carbocycles. The number of hydrogen-bond donors (Lipinski definition) is 0. The van der Waals surface area contributed by atoms with E-state index in [1.807, 2.05) is 0 Å². The zero-order chi connectivity index (χ0) is 46.5. The Balaban J connectivity index is 2.25. The third kappa shape index (κ3) is 11.6. The third-order valence-corrected chi connectivity index (χ3v) is 17.5. The maximum atomic E-state index is 2.59. The normalized spacial score (nSPS) is 18.1. The summed E-state index contributed by atoms with van der Waals surface area (Å²) in [6.45, 7) is 65.3. The van der Waals surface area contributed by atoms with Crippen LogP contribution in [-0.4, -0.2) is 16.2 Å². The van der Waals surface area contributed by atoms with Crippen LogP contribution in [0, 0.1) is 0 Å². The maximum Gasteiger partial charge on any atom is 0.0404 e. The molecule has 1 fully saturated rings. The van der Waals surface area contributed by atoms with E-state index in [1.54, 1.807) is 26.5 Å². The van der Waals surface area contributed by atoms with Gasteiger partial charge in [-0.3, -0.25) is 0 Å². The average Bonchev–Trinajstić information content (AvgIpc) is 3.64. The van der Waals surface area contributed by atoms with Gasteiger partial charge in [0, 0.05) is 26.9 Å². The van der Waals surface area contributed by atoms with Gasteiger partial charge in [-0.1, -0.05) is 248 Å². The van der Waals surface area contributed by atoms with Gasteiger partial charge in [0.1, 0.15) is 0 Å². The van der Waals surface area contributed by atoms with Gasteiger partial charge in [-0.15, -0.1) is 0 Å². The van der Waals surface area contributed by atoms with Crippen LogP contribution >= 0.6 is 25.0 Å². The molecule has 1 atom stereocenters. The molecule has 3 aromatic carbocycles.